The SMILES string of the molecule is CC(C)(C)OC(=O)[C@@H]1CCCN1S(=O)(=O)CCCS(C)(=O)=O. The summed E-state index contributed by atoms with van der Waals surface area (Å²) in [7, 11) is -6.86. The van der Waals surface area contributed by atoms with Crippen LogP contribution in [0.15, 0.2) is 0 Å². The second-order valence-electron chi connectivity index (χ2n) is 6.60. The molecule has 0 radical (unpaired) electrons. The largest absolute Gasteiger partial charge is 0.459 e. The molecule has 1 atom stereocenters. The van der Waals surface area contributed by atoms with Crippen molar-refractivity contribution in [3.8, 4) is 0 Å². The van der Waals surface area contributed by atoms with Gasteiger partial charge in [-0.2, -0.15) is 4.31 Å². The van der Waals surface area contributed by atoms with Crippen LogP contribution in [0.2, 0.25) is 0 Å². The second kappa shape index (κ2) is 6.84. The minimum atomic E-state index is -3.66. The van der Waals surface area contributed by atoms with E-state index >= 15 is 0 Å². The molecule has 9 heteroatoms. The Morgan fingerprint density at radius 1 is 1.18 bits per heavy atom. The fraction of sp³-hybridized carbons (Fsp3) is 0.923. The average Bonchev–Trinajstić information content (AvgIpc) is 2.73. The molecule has 1 fully saturated rings. The predicted octanol–water partition coefficient (Wildman–Crippen LogP) is 0.557. The summed E-state index contributed by atoms with van der Waals surface area (Å²) >= 11 is 0. The fourth-order valence-corrected chi connectivity index (χ4v) is 4.88. The van der Waals surface area contributed by atoms with Gasteiger partial charge in [-0.3, -0.25) is 4.79 Å². The Morgan fingerprint density at radius 2 is 1.77 bits per heavy atom. The van der Waals surface area contributed by atoms with Crippen LogP contribution in [-0.2, 0) is 29.4 Å². The van der Waals surface area contributed by atoms with Crippen molar-refractivity contribution in [3.05, 3.63) is 0 Å². The van der Waals surface area contributed by atoms with Crippen LogP contribution >= 0.6 is 0 Å². The molecular formula is C13H25NO6S2. The number of carbonyl (C=O) groups excluding carboxylic acids is 1. The maximum atomic E-state index is 12.3. The molecule has 7 nitrogen and oxygen atoms in total. The molecule has 0 bridgehead atoms. The predicted molar refractivity (Wildman–Crippen MR) is 83.7 cm³/mol. The summed E-state index contributed by atoms with van der Waals surface area (Å²) in [6.45, 7) is 5.45. The number of hydrogen-bond donors (Lipinski definition) is 0. The number of nitrogens with zero attached hydrogens (tertiary/aromatic N) is 1. The van der Waals surface area contributed by atoms with Gasteiger partial charge in [0, 0.05) is 12.8 Å². The summed E-state index contributed by atoms with van der Waals surface area (Å²) in [5.74, 6) is -1.01. The highest BCUT2D eigenvalue weighted by molar-refractivity contribution is 7.91. The topological polar surface area (TPSA) is 97.8 Å². The monoisotopic (exact) mass is 355 g/mol. The molecule has 0 saturated carbocycles. The first-order valence-corrected chi connectivity index (χ1v) is 10.9. The standard InChI is InChI=1S/C13H25NO6S2/c1-13(2,3)20-12(15)11-7-5-8-14(11)22(18,19)10-6-9-21(4,16)17/h11H,5-10H2,1-4H3/t11-/m0/s1. The van der Waals surface area contributed by atoms with Crippen molar-refractivity contribution in [1.29, 1.82) is 0 Å². The van der Waals surface area contributed by atoms with E-state index in [0.29, 0.717) is 12.8 Å². The zero-order valence-corrected chi connectivity index (χ0v) is 15.2. The highest BCUT2D eigenvalue weighted by atomic mass is 32.2. The van der Waals surface area contributed by atoms with Crippen molar-refractivity contribution in [2.75, 3.05) is 24.3 Å². The molecule has 0 aromatic rings. The van der Waals surface area contributed by atoms with E-state index < -0.39 is 37.5 Å². The van der Waals surface area contributed by atoms with Gasteiger partial charge in [-0.1, -0.05) is 0 Å². The lowest BCUT2D eigenvalue weighted by Gasteiger charge is -2.27. The molecule has 1 rings (SSSR count). The summed E-state index contributed by atoms with van der Waals surface area (Å²) in [6.07, 6.45) is 2.12. The molecule has 1 aliphatic heterocycles. The maximum absolute atomic E-state index is 12.3. The van der Waals surface area contributed by atoms with E-state index in [4.69, 9.17) is 4.74 Å². The summed E-state index contributed by atoms with van der Waals surface area (Å²) in [5.41, 5.74) is -0.675. The second-order valence-corrected chi connectivity index (χ2v) is 10.9. The van der Waals surface area contributed by atoms with Crippen LogP contribution in [0, 0.1) is 0 Å². The summed E-state index contributed by atoms with van der Waals surface area (Å²) in [5, 5.41) is 0. The van der Waals surface area contributed by atoms with Crippen LogP contribution in [-0.4, -0.2) is 63.1 Å². The molecule has 0 amide bonds. The van der Waals surface area contributed by atoms with Crippen LogP contribution in [0.3, 0.4) is 0 Å². The summed E-state index contributed by atoms with van der Waals surface area (Å²) in [6, 6.07) is -0.803. The van der Waals surface area contributed by atoms with Crippen molar-refractivity contribution in [2.45, 2.75) is 51.7 Å². The van der Waals surface area contributed by atoms with Gasteiger partial charge in [0.25, 0.3) is 0 Å². The van der Waals surface area contributed by atoms with Crippen molar-refractivity contribution in [3.63, 3.8) is 0 Å². The highest BCUT2D eigenvalue weighted by Crippen LogP contribution is 2.24. The molecule has 0 N–H and O–H groups in total. The highest BCUT2D eigenvalue weighted by Gasteiger charge is 2.40. The number of ether oxygens (including phenoxy) is 1. The van der Waals surface area contributed by atoms with E-state index in [1.807, 2.05) is 0 Å². The Kier molecular flexibility index (Phi) is 6.02. The third-order valence-electron chi connectivity index (χ3n) is 3.16. The smallest absolute Gasteiger partial charge is 0.324 e. The minimum absolute atomic E-state index is 0.0265. The Morgan fingerprint density at radius 3 is 2.27 bits per heavy atom. The molecule has 0 aromatic heterocycles. The third-order valence-corrected chi connectivity index (χ3v) is 6.14. The zero-order valence-electron chi connectivity index (χ0n) is 13.5. The molecule has 0 aliphatic carbocycles. The fourth-order valence-electron chi connectivity index (χ4n) is 2.30. The van der Waals surface area contributed by atoms with Gasteiger partial charge < -0.3 is 4.74 Å². The zero-order chi connectivity index (χ0) is 17.2. The van der Waals surface area contributed by atoms with E-state index in [0.717, 1.165) is 10.6 Å². The lowest BCUT2D eigenvalue weighted by atomic mass is 10.2. The maximum Gasteiger partial charge on any atom is 0.324 e. The molecule has 1 saturated heterocycles. The van der Waals surface area contributed by atoms with Crippen LogP contribution in [0.4, 0.5) is 0 Å². The van der Waals surface area contributed by atoms with E-state index in [1.54, 1.807) is 20.8 Å². The lowest BCUT2D eigenvalue weighted by Crippen LogP contribution is -2.44. The first-order chi connectivity index (χ1) is 9.82. The van der Waals surface area contributed by atoms with Gasteiger partial charge >= 0.3 is 5.97 Å². The van der Waals surface area contributed by atoms with E-state index in [1.165, 1.54) is 0 Å². The number of sulfone groups is 1. The normalized spacial score (nSPS) is 21.0. The van der Waals surface area contributed by atoms with E-state index in [9.17, 15) is 21.6 Å². The van der Waals surface area contributed by atoms with Gasteiger partial charge in [0.2, 0.25) is 10.0 Å². The van der Waals surface area contributed by atoms with Crippen LogP contribution in [0.5, 0.6) is 0 Å². The molecular weight excluding hydrogens is 330 g/mol. The van der Waals surface area contributed by atoms with Crippen molar-refractivity contribution in [2.24, 2.45) is 0 Å². The van der Waals surface area contributed by atoms with Crippen molar-refractivity contribution >= 4 is 25.8 Å². The van der Waals surface area contributed by atoms with Gasteiger partial charge in [0.1, 0.15) is 21.5 Å². The first kappa shape index (κ1) is 19.4. The molecule has 22 heavy (non-hydrogen) atoms. The summed E-state index contributed by atoms with van der Waals surface area (Å²) in [4.78, 5) is 12.1. The van der Waals surface area contributed by atoms with Crippen molar-refractivity contribution in [1.82, 2.24) is 4.31 Å². The number of esters is 1. The van der Waals surface area contributed by atoms with E-state index in [2.05, 4.69) is 0 Å². The van der Waals surface area contributed by atoms with Crippen LogP contribution < -0.4 is 0 Å². The van der Waals surface area contributed by atoms with Gasteiger partial charge in [0.05, 0.1) is 11.5 Å². The third kappa shape index (κ3) is 6.21. The molecule has 0 aromatic carbocycles. The molecule has 1 aliphatic rings. The number of rotatable bonds is 6. The van der Waals surface area contributed by atoms with Crippen molar-refractivity contribution < 1.29 is 26.4 Å². The van der Waals surface area contributed by atoms with Crippen LogP contribution in [0.1, 0.15) is 40.0 Å². The van der Waals surface area contributed by atoms with Crippen LogP contribution in [0.25, 0.3) is 0 Å². The van der Waals surface area contributed by atoms with Gasteiger partial charge in [0.15, 0.2) is 0 Å². The molecule has 0 spiro atoms. The number of sulfonamides is 1. The molecule has 0 unspecified atom stereocenters. The average molecular weight is 355 g/mol. The molecule has 130 valence electrons. The first-order valence-electron chi connectivity index (χ1n) is 7.22. The van der Waals surface area contributed by atoms with E-state index in [-0.39, 0.29) is 24.5 Å². The Balaban J connectivity index is 2.74. The number of carbonyl (C=O) groups is 1. The van der Waals surface area contributed by atoms with Gasteiger partial charge in [-0.05, 0) is 40.0 Å². The Bertz CT molecular complexity index is 603. The lowest BCUT2D eigenvalue weighted by molar-refractivity contribution is -0.158. The Labute approximate surface area is 133 Å². The summed E-state index contributed by atoms with van der Waals surface area (Å²) < 4.78 is 53.2. The van der Waals surface area contributed by atoms with Gasteiger partial charge in [-0.15, -0.1) is 0 Å². The van der Waals surface area contributed by atoms with Gasteiger partial charge in [-0.25, -0.2) is 16.8 Å². The molecule has 1 heterocycles. The minimum Gasteiger partial charge on any atom is -0.459 e. The number of hydrogen-bond acceptors (Lipinski definition) is 6. The quantitative estimate of drug-likeness (QED) is 0.646. The Hall–Kier alpha value is -0.670.